The molecule has 0 aromatic carbocycles. The predicted molar refractivity (Wildman–Crippen MR) is 72.0 cm³/mol. The quantitative estimate of drug-likeness (QED) is 0.760. The number of amides is 1. The third kappa shape index (κ3) is 3.04. The first-order valence-corrected chi connectivity index (χ1v) is 7.56. The monoisotopic (exact) mass is 288 g/mol. The largest absolute Gasteiger partial charge is 0.480 e. The fraction of sp³-hybridized carbons (Fsp3) is 0.833. The number of morpholine rings is 1. The molecule has 2 rings (SSSR count). The molecule has 2 N–H and O–H groups in total. The molecule has 0 saturated carbocycles. The van der Waals surface area contributed by atoms with Gasteiger partial charge in [-0.15, -0.1) is 11.8 Å². The van der Waals surface area contributed by atoms with E-state index in [1.165, 1.54) is 16.7 Å². The Balaban J connectivity index is 2.15. The summed E-state index contributed by atoms with van der Waals surface area (Å²) in [6, 6.07) is -0.740. The van der Waals surface area contributed by atoms with E-state index in [2.05, 4.69) is 5.32 Å². The molecule has 19 heavy (non-hydrogen) atoms. The molecule has 0 aliphatic carbocycles. The molecule has 0 spiro atoms. The van der Waals surface area contributed by atoms with Gasteiger partial charge in [-0.25, -0.2) is 4.79 Å². The van der Waals surface area contributed by atoms with Gasteiger partial charge in [-0.05, 0) is 5.92 Å². The maximum Gasteiger partial charge on any atom is 0.327 e. The number of nitrogens with zero attached hydrogens (tertiary/aromatic N) is 1. The lowest BCUT2D eigenvalue weighted by atomic mass is 10.1. The molecule has 0 aromatic heterocycles. The fourth-order valence-electron chi connectivity index (χ4n) is 2.40. The summed E-state index contributed by atoms with van der Waals surface area (Å²) < 4.78 is 5.45. The van der Waals surface area contributed by atoms with E-state index in [9.17, 15) is 14.7 Å². The summed E-state index contributed by atoms with van der Waals surface area (Å²) >= 11 is 1.54. The van der Waals surface area contributed by atoms with Gasteiger partial charge in [0.05, 0.1) is 12.0 Å². The highest BCUT2D eigenvalue weighted by molar-refractivity contribution is 8.00. The van der Waals surface area contributed by atoms with Gasteiger partial charge in [-0.2, -0.15) is 0 Å². The van der Waals surface area contributed by atoms with E-state index in [-0.39, 0.29) is 17.2 Å². The molecule has 2 heterocycles. The molecule has 2 aliphatic heterocycles. The van der Waals surface area contributed by atoms with Crippen LogP contribution >= 0.6 is 11.8 Å². The van der Waals surface area contributed by atoms with Gasteiger partial charge in [0.2, 0.25) is 0 Å². The van der Waals surface area contributed by atoms with E-state index in [0.717, 1.165) is 6.54 Å². The van der Waals surface area contributed by atoms with Gasteiger partial charge in [0.25, 0.3) is 5.91 Å². The van der Waals surface area contributed by atoms with Crippen LogP contribution in [0.1, 0.15) is 13.8 Å². The predicted octanol–water partition coefficient (Wildman–Crippen LogP) is -0.0145. The number of aliphatic carboxylic acids is 1. The van der Waals surface area contributed by atoms with Gasteiger partial charge in [-0.1, -0.05) is 13.8 Å². The zero-order valence-corrected chi connectivity index (χ0v) is 12.0. The number of carboxylic acids is 1. The van der Waals surface area contributed by atoms with Crippen LogP contribution in [0.5, 0.6) is 0 Å². The second-order valence-corrected chi connectivity index (χ2v) is 6.28. The number of ether oxygens (including phenoxy) is 1. The normalized spacial score (nSPS) is 31.7. The zero-order chi connectivity index (χ0) is 14.0. The van der Waals surface area contributed by atoms with Gasteiger partial charge < -0.3 is 20.1 Å². The molecular weight excluding hydrogens is 268 g/mol. The van der Waals surface area contributed by atoms with Gasteiger partial charge in [0, 0.05) is 18.8 Å². The molecule has 3 atom stereocenters. The van der Waals surface area contributed by atoms with E-state index in [1.807, 2.05) is 13.8 Å². The van der Waals surface area contributed by atoms with E-state index in [4.69, 9.17) is 4.74 Å². The molecule has 0 bridgehead atoms. The van der Waals surface area contributed by atoms with Crippen LogP contribution in [0.25, 0.3) is 0 Å². The van der Waals surface area contributed by atoms with Crippen molar-refractivity contribution in [2.45, 2.75) is 31.4 Å². The molecule has 3 unspecified atom stereocenters. The number of rotatable bonds is 3. The molecule has 2 aliphatic rings. The smallest absolute Gasteiger partial charge is 0.327 e. The van der Waals surface area contributed by atoms with Crippen molar-refractivity contribution < 1.29 is 19.4 Å². The SMILES string of the molecule is CC(C)C1SCC(C(=O)O)N1C(=O)C1CNCCO1. The Morgan fingerprint density at radius 3 is 2.74 bits per heavy atom. The lowest BCUT2D eigenvalue weighted by molar-refractivity contribution is -0.156. The summed E-state index contributed by atoms with van der Waals surface area (Å²) in [6.45, 7) is 5.68. The Bertz CT molecular complexity index is 358. The standard InChI is InChI=1S/C12H20N2O4S/c1-7(2)11-14(8(6-19-11)12(16)17)10(15)9-5-13-3-4-18-9/h7-9,11,13H,3-6H2,1-2H3,(H,16,17). The Kier molecular flexibility index (Phi) is 4.70. The Morgan fingerprint density at radius 1 is 1.47 bits per heavy atom. The van der Waals surface area contributed by atoms with Crippen molar-refractivity contribution in [3.05, 3.63) is 0 Å². The second-order valence-electron chi connectivity index (χ2n) is 5.13. The molecule has 0 aromatic rings. The number of thioether (sulfide) groups is 1. The Labute approximate surface area is 116 Å². The summed E-state index contributed by atoms with van der Waals surface area (Å²) in [5.74, 6) is -0.477. The van der Waals surface area contributed by atoms with Crippen LogP contribution in [-0.4, -0.2) is 64.9 Å². The van der Waals surface area contributed by atoms with E-state index >= 15 is 0 Å². The number of hydrogen-bond acceptors (Lipinski definition) is 5. The van der Waals surface area contributed by atoms with Crippen LogP contribution < -0.4 is 5.32 Å². The Morgan fingerprint density at radius 2 is 2.21 bits per heavy atom. The third-order valence-corrected chi connectivity index (χ3v) is 4.97. The molecular formula is C12H20N2O4S. The van der Waals surface area contributed by atoms with Crippen molar-refractivity contribution in [3.63, 3.8) is 0 Å². The van der Waals surface area contributed by atoms with Crippen molar-refractivity contribution >= 4 is 23.6 Å². The first-order valence-electron chi connectivity index (χ1n) is 6.51. The summed E-state index contributed by atoms with van der Waals surface area (Å²) in [5.41, 5.74) is 0. The topological polar surface area (TPSA) is 78.9 Å². The number of hydrogen-bond donors (Lipinski definition) is 2. The minimum Gasteiger partial charge on any atom is -0.480 e. The maximum absolute atomic E-state index is 12.5. The second kappa shape index (κ2) is 6.11. The summed E-state index contributed by atoms with van der Waals surface area (Å²) in [7, 11) is 0. The summed E-state index contributed by atoms with van der Waals surface area (Å²) in [4.78, 5) is 25.3. The zero-order valence-electron chi connectivity index (χ0n) is 11.2. The first kappa shape index (κ1) is 14.6. The van der Waals surface area contributed by atoms with Crippen LogP contribution in [0.2, 0.25) is 0 Å². The van der Waals surface area contributed by atoms with Crippen LogP contribution in [0.15, 0.2) is 0 Å². The van der Waals surface area contributed by atoms with Gasteiger partial charge in [-0.3, -0.25) is 4.79 Å². The van der Waals surface area contributed by atoms with E-state index in [0.29, 0.717) is 18.9 Å². The van der Waals surface area contributed by atoms with Crippen molar-refractivity contribution in [3.8, 4) is 0 Å². The highest BCUT2D eigenvalue weighted by Gasteiger charge is 2.45. The van der Waals surface area contributed by atoms with Crippen LogP contribution in [0.3, 0.4) is 0 Å². The Hall–Kier alpha value is -0.790. The summed E-state index contributed by atoms with van der Waals surface area (Å²) in [6.07, 6.45) is -0.560. The lowest BCUT2D eigenvalue weighted by Crippen LogP contribution is -2.55. The minimum absolute atomic E-state index is 0.0841. The number of carbonyl (C=O) groups excluding carboxylic acids is 1. The van der Waals surface area contributed by atoms with Crippen molar-refractivity contribution in [2.75, 3.05) is 25.4 Å². The fourth-order valence-corrected chi connectivity index (χ4v) is 3.88. The molecule has 108 valence electrons. The molecule has 0 radical (unpaired) electrons. The molecule has 2 fully saturated rings. The minimum atomic E-state index is -0.937. The van der Waals surface area contributed by atoms with Crippen LogP contribution in [-0.2, 0) is 14.3 Å². The molecule has 2 saturated heterocycles. The van der Waals surface area contributed by atoms with E-state index in [1.54, 1.807) is 0 Å². The highest BCUT2D eigenvalue weighted by Crippen LogP contribution is 2.34. The van der Waals surface area contributed by atoms with Crippen molar-refractivity contribution in [1.29, 1.82) is 0 Å². The van der Waals surface area contributed by atoms with Crippen LogP contribution in [0, 0.1) is 5.92 Å². The maximum atomic E-state index is 12.5. The lowest BCUT2D eigenvalue weighted by Gasteiger charge is -2.34. The molecule has 7 heteroatoms. The van der Waals surface area contributed by atoms with Gasteiger partial charge in [0.1, 0.15) is 12.1 Å². The number of carboxylic acid groups (broad SMARTS) is 1. The average molecular weight is 288 g/mol. The van der Waals surface area contributed by atoms with Gasteiger partial charge in [0.15, 0.2) is 0 Å². The van der Waals surface area contributed by atoms with Gasteiger partial charge >= 0.3 is 5.97 Å². The molecule has 6 nitrogen and oxygen atoms in total. The van der Waals surface area contributed by atoms with Crippen LogP contribution in [0.4, 0.5) is 0 Å². The third-order valence-electron chi connectivity index (χ3n) is 3.35. The summed E-state index contributed by atoms with van der Waals surface area (Å²) in [5, 5.41) is 12.3. The number of carbonyl (C=O) groups is 2. The van der Waals surface area contributed by atoms with Crippen molar-refractivity contribution in [2.24, 2.45) is 5.92 Å². The van der Waals surface area contributed by atoms with E-state index < -0.39 is 18.1 Å². The first-order chi connectivity index (χ1) is 9.02. The average Bonchev–Trinajstić information content (AvgIpc) is 2.83. The number of nitrogens with one attached hydrogen (secondary N) is 1. The molecule has 1 amide bonds. The van der Waals surface area contributed by atoms with Crippen molar-refractivity contribution in [1.82, 2.24) is 10.2 Å². The highest BCUT2D eigenvalue weighted by atomic mass is 32.2.